The van der Waals surface area contributed by atoms with Gasteiger partial charge in [0.1, 0.15) is 0 Å². The van der Waals surface area contributed by atoms with Crippen LogP contribution in [0.5, 0.6) is 0 Å². The van der Waals surface area contributed by atoms with Crippen molar-refractivity contribution in [1.82, 2.24) is 4.90 Å². The highest BCUT2D eigenvalue weighted by atomic mass is 16.2. The van der Waals surface area contributed by atoms with Gasteiger partial charge in [0.25, 0.3) is 0 Å². The molecule has 1 amide bonds. The van der Waals surface area contributed by atoms with Crippen LogP contribution in [-0.2, 0) is 4.79 Å². The van der Waals surface area contributed by atoms with Crippen molar-refractivity contribution in [2.45, 2.75) is 64.0 Å². The molecule has 4 rings (SSSR count). The fourth-order valence-corrected chi connectivity index (χ4v) is 6.29. The molecule has 20 heavy (non-hydrogen) atoms. The molecule has 4 aliphatic heterocycles. The standard InChI is InChI=1S/C17H29N2O/c1-2-19-10-4-6-13-12-18-15(8-3-9-16(18)20)14(17(13)19)7-5-11-19/h13-15,17H,2-12H2,1H3/q+1/t13-,14-,15-,17+,19+/m1/s1. The van der Waals surface area contributed by atoms with Crippen LogP contribution in [0.25, 0.3) is 0 Å². The Hall–Kier alpha value is -0.570. The maximum atomic E-state index is 12.3. The lowest BCUT2D eigenvalue weighted by Crippen LogP contribution is -2.73. The Kier molecular flexibility index (Phi) is 3.10. The van der Waals surface area contributed by atoms with Gasteiger partial charge in [0.15, 0.2) is 0 Å². The predicted octanol–water partition coefficient (Wildman–Crippen LogP) is 2.41. The molecular formula is C17H29N2O+. The summed E-state index contributed by atoms with van der Waals surface area (Å²) in [5, 5.41) is 0. The Morgan fingerprint density at radius 1 is 1.15 bits per heavy atom. The topological polar surface area (TPSA) is 20.3 Å². The van der Waals surface area contributed by atoms with Gasteiger partial charge in [-0.3, -0.25) is 4.79 Å². The van der Waals surface area contributed by atoms with Crippen LogP contribution in [0.15, 0.2) is 0 Å². The molecule has 0 saturated carbocycles. The minimum Gasteiger partial charge on any atom is -0.339 e. The van der Waals surface area contributed by atoms with Gasteiger partial charge in [0, 0.05) is 30.8 Å². The molecule has 0 bridgehead atoms. The van der Waals surface area contributed by atoms with Crippen LogP contribution in [0.4, 0.5) is 0 Å². The average molecular weight is 277 g/mol. The van der Waals surface area contributed by atoms with Gasteiger partial charge >= 0.3 is 0 Å². The van der Waals surface area contributed by atoms with Gasteiger partial charge < -0.3 is 9.38 Å². The number of quaternary nitrogens is 1. The molecular weight excluding hydrogens is 248 g/mol. The molecule has 0 N–H and O–H groups in total. The first-order chi connectivity index (χ1) is 9.75. The number of amides is 1. The maximum Gasteiger partial charge on any atom is 0.222 e. The van der Waals surface area contributed by atoms with Crippen molar-refractivity contribution in [2.75, 3.05) is 26.2 Å². The molecule has 0 unspecified atom stereocenters. The third-order valence-corrected chi connectivity index (χ3v) is 7.04. The van der Waals surface area contributed by atoms with Crippen LogP contribution < -0.4 is 0 Å². The highest BCUT2D eigenvalue weighted by Gasteiger charge is 2.57. The van der Waals surface area contributed by atoms with E-state index in [0.29, 0.717) is 11.9 Å². The molecule has 0 aromatic carbocycles. The van der Waals surface area contributed by atoms with Gasteiger partial charge in [-0.25, -0.2) is 0 Å². The second-order valence-corrected chi connectivity index (χ2v) is 7.69. The van der Waals surface area contributed by atoms with Crippen LogP contribution in [0, 0.1) is 11.8 Å². The summed E-state index contributed by atoms with van der Waals surface area (Å²) in [6.07, 6.45) is 8.76. The number of carbonyl (C=O) groups excluding carboxylic acids is 1. The molecule has 5 atom stereocenters. The van der Waals surface area contributed by atoms with Crippen LogP contribution in [0.2, 0.25) is 0 Å². The van der Waals surface area contributed by atoms with Gasteiger partial charge in [0.05, 0.1) is 25.7 Å². The number of hydrogen-bond donors (Lipinski definition) is 0. The molecule has 3 heteroatoms. The lowest BCUT2D eigenvalue weighted by Gasteiger charge is -2.62. The van der Waals surface area contributed by atoms with Crippen molar-refractivity contribution in [2.24, 2.45) is 11.8 Å². The zero-order chi connectivity index (χ0) is 13.7. The number of nitrogens with zero attached hydrogens (tertiary/aromatic N) is 2. The number of fused-ring (bicyclic) bond motifs is 2. The Morgan fingerprint density at radius 3 is 2.75 bits per heavy atom. The van der Waals surface area contributed by atoms with E-state index in [4.69, 9.17) is 0 Å². The summed E-state index contributed by atoms with van der Waals surface area (Å²) in [4.78, 5) is 14.7. The molecule has 0 aromatic rings. The third-order valence-electron chi connectivity index (χ3n) is 7.04. The Labute approximate surface area is 122 Å². The highest BCUT2D eigenvalue weighted by molar-refractivity contribution is 5.77. The van der Waals surface area contributed by atoms with Gasteiger partial charge in [-0.2, -0.15) is 0 Å². The van der Waals surface area contributed by atoms with Crippen LogP contribution in [0.3, 0.4) is 0 Å². The van der Waals surface area contributed by atoms with E-state index < -0.39 is 0 Å². The monoisotopic (exact) mass is 277 g/mol. The molecule has 4 aliphatic rings. The maximum absolute atomic E-state index is 12.3. The van der Waals surface area contributed by atoms with Gasteiger partial charge in [0.2, 0.25) is 5.91 Å². The van der Waals surface area contributed by atoms with E-state index in [1.54, 1.807) is 0 Å². The molecule has 4 fully saturated rings. The van der Waals surface area contributed by atoms with E-state index in [9.17, 15) is 4.79 Å². The van der Waals surface area contributed by atoms with Crippen molar-refractivity contribution < 1.29 is 9.28 Å². The Morgan fingerprint density at radius 2 is 1.95 bits per heavy atom. The van der Waals surface area contributed by atoms with E-state index in [1.165, 1.54) is 56.2 Å². The number of hydrogen-bond acceptors (Lipinski definition) is 1. The summed E-state index contributed by atoms with van der Waals surface area (Å²) >= 11 is 0. The zero-order valence-electron chi connectivity index (χ0n) is 12.9. The first-order valence-electron chi connectivity index (χ1n) is 8.90. The molecule has 0 spiro atoms. The zero-order valence-corrected chi connectivity index (χ0v) is 12.9. The van der Waals surface area contributed by atoms with Crippen molar-refractivity contribution >= 4 is 5.91 Å². The van der Waals surface area contributed by atoms with Gasteiger partial charge in [-0.15, -0.1) is 0 Å². The number of carbonyl (C=O) groups is 1. The summed E-state index contributed by atoms with van der Waals surface area (Å²) in [7, 11) is 0. The van der Waals surface area contributed by atoms with Crippen LogP contribution in [-0.4, -0.2) is 53.6 Å². The Bertz CT molecular complexity index is 406. The van der Waals surface area contributed by atoms with Crippen LogP contribution in [0.1, 0.15) is 51.9 Å². The molecule has 0 aromatic heterocycles. The lowest BCUT2D eigenvalue weighted by atomic mass is 9.66. The summed E-state index contributed by atoms with van der Waals surface area (Å²) in [6.45, 7) is 7.63. The third kappa shape index (κ3) is 1.71. The van der Waals surface area contributed by atoms with Crippen molar-refractivity contribution in [1.29, 1.82) is 0 Å². The first kappa shape index (κ1) is 13.1. The van der Waals surface area contributed by atoms with Gasteiger partial charge in [-0.05, 0) is 45.4 Å². The molecule has 4 saturated heterocycles. The molecule has 3 nitrogen and oxygen atoms in total. The summed E-state index contributed by atoms with van der Waals surface area (Å²) < 4.78 is 1.40. The summed E-state index contributed by atoms with van der Waals surface area (Å²) in [5.74, 6) is 2.07. The van der Waals surface area contributed by atoms with Crippen LogP contribution >= 0.6 is 0 Å². The Balaban J connectivity index is 1.70. The largest absolute Gasteiger partial charge is 0.339 e. The number of rotatable bonds is 1. The quantitative estimate of drug-likeness (QED) is 0.674. The average Bonchev–Trinajstić information content (AvgIpc) is 2.49. The number of piperidine rings is 4. The molecule has 0 aliphatic carbocycles. The predicted molar refractivity (Wildman–Crippen MR) is 79.1 cm³/mol. The van der Waals surface area contributed by atoms with Crippen molar-refractivity contribution in [3.63, 3.8) is 0 Å². The van der Waals surface area contributed by atoms with Gasteiger partial charge in [-0.1, -0.05) is 0 Å². The van der Waals surface area contributed by atoms with E-state index in [1.807, 2.05) is 0 Å². The normalized spacial score (nSPS) is 47.6. The smallest absolute Gasteiger partial charge is 0.222 e. The fourth-order valence-electron chi connectivity index (χ4n) is 6.29. The summed E-state index contributed by atoms with van der Waals surface area (Å²) in [6, 6.07) is 1.48. The van der Waals surface area contributed by atoms with E-state index in [2.05, 4.69) is 11.8 Å². The van der Waals surface area contributed by atoms with Crippen molar-refractivity contribution in [3.8, 4) is 0 Å². The van der Waals surface area contributed by atoms with E-state index >= 15 is 0 Å². The first-order valence-corrected chi connectivity index (χ1v) is 8.90. The lowest BCUT2D eigenvalue weighted by molar-refractivity contribution is -0.968. The minimum absolute atomic E-state index is 0.463. The molecule has 112 valence electrons. The van der Waals surface area contributed by atoms with Crippen molar-refractivity contribution in [3.05, 3.63) is 0 Å². The second-order valence-electron chi connectivity index (χ2n) is 7.69. The molecule has 4 heterocycles. The minimum atomic E-state index is 0.463. The highest BCUT2D eigenvalue weighted by Crippen LogP contribution is 2.48. The summed E-state index contributed by atoms with van der Waals surface area (Å²) in [5.41, 5.74) is 0. The second kappa shape index (κ2) is 4.72. The SMILES string of the molecule is CC[N@+]12CCC[C@@H]3CN4C(=O)CCC[C@@H]4[C@@H](CCC1)[C@H]32. The van der Waals surface area contributed by atoms with E-state index in [0.717, 1.165) is 37.3 Å². The molecule has 0 radical (unpaired) electrons. The van der Waals surface area contributed by atoms with E-state index in [-0.39, 0.29) is 0 Å². The fraction of sp³-hybridized carbons (Fsp3) is 0.941.